The quantitative estimate of drug-likeness (QED) is 0.481. The van der Waals surface area contributed by atoms with Crippen LogP contribution in [-0.4, -0.2) is 37.3 Å². The summed E-state index contributed by atoms with van der Waals surface area (Å²) in [6, 6.07) is 4.53. The lowest BCUT2D eigenvalue weighted by Crippen LogP contribution is -2.29. The predicted octanol–water partition coefficient (Wildman–Crippen LogP) is 3.52. The van der Waals surface area contributed by atoms with E-state index in [2.05, 4.69) is 4.98 Å². The average molecular weight is 419 g/mol. The molecule has 1 unspecified atom stereocenters. The third-order valence-electron chi connectivity index (χ3n) is 5.48. The van der Waals surface area contributed by atoms with E-state index in [1.807, 2.05) is 10.8 Å². The SMILES string of the molecule is CC1(F)CN1C(=O)Cn1cnc2c(c(-c3ccc(F)c(Cl)c3)cn2C2CC2)c1=O. The summed E-state index contributed by atoms with van der Waals surface area (Å²) in [7, 11) is 0. The number of halogens is 3. The molecular formula is C20H17ClF2N4O2. The number of amides is 1. The van der Waals surface area contributed by atoms with E-state index >= 15 is 0 Å². The number of rotatable bonds is 4. The molecule has 2 fully saturated rings. The van der Waals surface area contributed by atoms with Gasteiger partial charge in [-0.2, -0.15) is 0 Å². The number of alkyl halides is 1. The van der Waals surface area contributed by atoms with Crippen LogP contribution in [0.4, 0.5) is 8.78 Å². The van der Waals surface area contributed by atoms with Gasteiger partial charge in [0.15, 0.2) is 5.79 Å². The van der Waals surface area contributed by atoms with Crippen molar-refractivity contribution in [2.45, 2.75) is 38.1 Å². The van der Waals surface area contributed by atoms with E-state index < -0.39 is 23.1 Å². The molecule has 1 saturated heterocycles. The molecule has 1 aromatic carbocycles. The summed E-state index contributed by atoms with van der Waals surface area (Å²) in [6.07, 6.45) is 5.12. The summed E-state index contributed by atoms with van der Waals surface area (Å²) in [5.74, 6) is -2.68. The predicted molar refractivity (Wildman–Crippen MR) is 104 cm³/mol. The molecule has 9 heteroatoms. The standard InChI is InChI=1S/C20H17ClF2N4O2/c1-20(23)9-27(20)16(28)8-25-10-24-18-17(19(25)29)13(7-26(18)12-3-4-12)11-2-5-15(22)14(21)6-11/h2,5-7,10,12H,3-4,8-9H2,1H3. The van der Waals surface area contributed by atoms with Crippen LogP contribution in [0.1, 0.15) is 25.8 Å². The second-order valence-electron chi connectivity index (χ2n) is 7.81. The number of aromatic nitrogens is 3. The number of nitrogens with zero attached hydrogens (tertiary/aromatic N) is 4. The molecule has 0 radical (unpaired) electrons. The Kier molecular flexibility index (Phi) is 3.87. The van der Waals surface area contributed by atoms with E-state index in [-0.39, 0.29) is 24.2 Å². The average Bonchev–Trinajstić information content (AvgIpc) is 3.58. The molecule has 1 amide bonds. The van der Waals surface area contributed by atoms with Gasteiger partial charge in [0.25, 0.3) is 5.56 Å². The monoisotopic (exact) mass is 418 g/mol. The summed E-state index contributed by atoms with van der Waals surface area (Å²) < 4.78 is 30.5. The first-order valence-corrected chi connectivity index (χ1v) is 9.69. The molecule has 150 valence electrons. The zero-order chi connectivity index (χ0) is 20.5. The number of carbonyl (C=O) groups excluding carboxylic acids is 1. The molecule has 2 aliphatic rings. The van der Waals surface area contributed by atoms with Gasteiger partial charge in [-0.05, 0) is 37.5 Å². The number of hydrogen-bond acceptors (Lipinski definition) is 3. The van der Waals surface area contributed by atoms with Crippen LogP contribution in [0.5, 0.6) is 0 Å². The molecule has 0 N–H and O–H groups in total. The van der Waals surface area contributed by atoms with Gasteiger partial charge in [-0.25, -0.2) is 13.8 Å². The third-order valence-corrected chi connectivity index (χ3v) is 5.77. The van der Waals surface area contributed by atoms with E-state index in [9.17, 15) is 18.4 Å². The van der Waals surface area contributed by atoms with Gasteiger partial charge in [0.05, 0.1) is 17.0 Å². The van der Waals surface area contributed by atoms with Crippen LogP contribution in [-0.2, 0) is 11.3 Å². The largest absolute Gasteiger partial charge is 0.329 e. The summed E-state index contributed by atoms with van der Waals surface area (Å²) in [5.41, 5.74) is 1.28. The molecule has 1 aliphatic carbocycles. The molecule has 3 heterocycles. The lowest BCUT2D eigenvalue weighted by molar-refractivity contribution is -0.128. The van der Waals surface area contributed by atoms with Crippen LogP contribution in [0, 0.1) is 5.82 Å². The highest BCUT2D eigenvalue weighted by molar-refractivity contribution is 6.31. The van der Waals surface area contributed by atoms with E-state index in [1.54, 1.807) is 6.07 Å². The first-order valence-electron chi connectivity index (χ1n) is 9.31. The highest BCUT2D eigenvalue weighted by atomic mass is 35.5. The van der Waals surface area contributed by atoms with Crippen LogP contribution in [0.3, 0.4) is 0 Å². The molecule has 1 saturated carbocycles. The summed E-state index contributed by atoms with van der Waals surface area (Å²) in [5, 5.41) is 0.293. The fraction of sp³-hybridized carbons (Fsp3) is 0.350. The van der Waals surface area contributed by atoms with E-state index in [1.165, 1.54) is 30.0 Å². The minimum absolute atomic E-state index is 0.0215. The Morgan fingerprint density at radius 1 is 1.38 bits per heavy atom. The minimum atomic E-state index is -1.65. The molecule has 0 spiro atoms. The van der Waals surface area contributed by atoms with Crippen molar-refractivity contribution in [1.29, 1.82) is 0 Å². The van der Waals surface area contributed by atoms with Crippen LogP contribution < -0.4 is 5.56 Å². The number of benzene rings is 1. The zero-order valence-corrected chi connectivity index (χ0v) is 16.3. The lowest BCUT2D eigenvalue weighted by Gasteiger charge is -2.08. The van der Waals surface area contributed by atoms with Gasteiger partial charge in [-0.1, -0.05) is 17.7 Å². The molecule has 3 aromatic rings. The fourth-order valence-electron chi connectivity index (χ4n) is 3.64. The van der Waals surface area contributed by atoms with Crippen molar-refractivity contribution in [3.8, 4) is 11.1 Å². The normalized spacial score (nSPS) is 21.0. The topological polar surface area (TPSA) is 59.9 Å². The molecule has 6 nitrogen and oxygen atoms in total. The van der Waals surface area contributed by atoms with Gasteiger partial charge in [0.1, 0.15) is 24.3 Å². The van der Waals surface area contributed by atoms with Gasteiger partial charge in [-0.3, -0.25) is 14.2 Å². The molecule has 2 aromatic heterocycles. The van der Waals surface area contributed by atoms with Crippen molar-refractivity contribution in [2.24, 2.45) is 0 Å². The van der Waals surface area contributed by atoms with Crippen molar-refractivity contribution in [2.75, 3.05) is 6.54 Å². The molecule has 1 atom stereocenters. The van der Waals surface area contributed by atoms with Gasteiger partial charge in [0.2, 0.25) is 5.91 Å². The van der Waals surface area contributed by atoms with Gasteiger partial charge in [-0.15, -0.1) is 0 Å². The summed E-state index contributed by atoms with van der Waals surface area (Å²) in [4.78, 5) is 31.0. The molecule has 0 bridgehead atoms. The Hall–Kier alpha value is -2.74. The zero-order valence-electron chi connectivity index (χ0n) is 15.5. The highest BCUT2D eigenvalue weighted by Gasteiger charge is 2.51. The fourth-order valence-corrected chi connectivity index (χ4v) is 3.82. The highest BCUT2D eigenvalue weighted by Crippen LogP contribution is 2.40. The van der Waals surface area contributed by atoms with Crippen LogP contribution in [0.2, 0.25) is 5.02 Å². The molecule has 29 heavy (non-hydrogen) atoms. The summed E-state index contributed by atoms with van der Waals surface area (Å²) >= 11 is 5.94. The number of fused-ring (bicyclic) bond motifs is 1. The Bertz CT molecular complexity index is 1230. The molecular weight excluding hydrogens is 402 g/mol. The van der Waals surface area contributed by atoms with Crippen LogP contribution in [0.25, 0.3) is 22.2 Å². The Balaban J connectivity index is 1.63. The van der Waals surface area contributed by atoms with E-state index in [4.69, 9.17) is 11.6 Å². The first kappa shape index (κ1) is 18.3. The van der Waals surface area contributed by atoms with Gasteiger partial charge >= 0.3 is 0 Å². The number of carbonyl (C=O) groups is 1. The van der Waals surface area contributed by atoms with Crippen LogP contribution in [0.15, 0.2) is 35.5 Å². The maximum atomic E-state index is 13.8. The van der Waals surface area contributed by atoms with Crippen molar-refractivity contribution < 1.29 is 13.6 Å². The van der Waals surface area contributed by atoms with Crippen LogP contribution >= 0.6 is 11.6 Å². The van der Waals surface area contributed by atoms with Gasteiger partial charge in [0, 0.05) is 17.8 Å². The maximum Gasteiger partial charge on any atom is 0.263 e. The Morgan fingerprint density at radius 3 is 2.72 bits per heavy atom. The first-order chi connectivity index (χ1) is 13.8. The smallest absolute Gasteiger partial charge is 0.263 e. The second-order valence-corrected chi connectivity index (χ2v) is 8.22. The maximum absolute atomic E-state index is 13.8. The van der Waals surface area contributed by atoms with Crippen molar-refractivity contribution in [3.05, 3.63) is 51.9 Å². The third kappa shape index (κ3) is 3.02. The number of hydrogen-bond donors (Lipinski definition) is 0. The van der Waals surface area contributed by atoms with Crippen molar-refractivity contribution in [1.82, 2.24) is 19.0 Å². The second kappa shape index (κ2) is 6.13. The Morgan fingerprint density at radius 2 is 2.10 bits per heavy atom. The van der Waals surface area contributed by atoms with Crippen molar-refractivity contribution in [3.63, 3.8) is 0 Å². The molecule has 1 aliphatic heterocycles. The van der Waals surface area contributed by atoms with E-state index in [0.717, 1.165) is 17.7 Å². The molecule has 5 rings (SSSR count). The lowest BCUT2D eigenvalue weighted by atomic mass is 10.1. The van der Waals surface area contributed by atoms with E-state index in [0.29, 0.717) is 22.2 Å². The van der Waals surface area contributed by atoms with Crippen molar-refractivity contribution >= 4 is 28.5 Å². The Labute approximate surface area is 169 Å². The minimum Gasteiger partial charge on any atom is -0.329 e. The van der Waals surface area contributed by atoms with Gasteiger partial charge < -0.3 is 9.47 Å². The summed E-state index contributed by atoms with van der Waals surface area (Å²) in [6.45, 7) is 1.05.